The molecule has 0 atom stereocenters. The van der Waals surface area contributed by atoms with Gasteiger partial charge in [-0.15, -0.1) is 18.8 Å². The third-order valence-electron chi connectivity index (χ3n) is 1.17. The Labute approximate surface area is 73.2 Å². The number of terminal acetylenes is 1. The van der Waals surface area contributed by atoms with Gasteiger partial charge in [0.1, 0.15) is 0 Å². The fraction of sp³-hybridized carbons (Fsp3) is 0.111. The number of halogens is 1. The third-order valence-corrected chi connectivity index (χ3v) is 1.17. The van der Waals surface area contributed by atoms with Crippen LogP contribution in [0.5, 0.6) is 0 Å². The first-order chi connectivity index (χ1) is 4.93. The minimum Gasteiger partial charge on any atom is -0.374 e. The quantitative estimate of drug-likeness (QED) is 0.666. The van der Waals surface area contributed by atoms with Gasteiger partial charge in [0.25, 0.3) is 0 Å². The molecule has 0 aliphatic carbocycles. The van der Waals surface area contributed by atoms with Gasteiger partial charge in [-0.05, 0) is 12.1 Å². The normalized spacial score (nSPS) is 7.55. The molecule has 0 bridgehead atoms. The highest BCUT2D eigenvalue weighted by Gasteiger charge is 1.82. The van der Waals surface area contributed by atoms with Crippen molar-refractivity contribution in [3.05, 3.63) is 30.3 Å². The Bertz CT molecular complexity index is 225. The van der Waals surface area contributed by atoms with Crippen LogP contribution in [0.1, 0.15) is 0 Å². The highest BCUT2D eigenvalue weighted by molar-refractivity contribution is 5.85. The molecule has 0 saturated heterocycles. The Kier molecular flexibility index (Phi) is 5.06. The zero-order valence-electron chi connectivity index (χ0n) is 6.08. The van der Waals surface area contributed by atoms with Crippen LogP contribution in [0.2, 0.25) is 0 Å². The average molecular weight is 168 g/mol. The number of para-hydroxylation sites is 1. The van der Waals surface area contributed by atoms with E-state index < -0.39 is 0 Å². The summed E-state index contributed by atoms with van der Waals surface area (Å²) in [4.78, 5) is 0. The summed E-state index contributed by atoms with van der Waals surface area (Å²) >= 11 is 0. The van der Waals surface area contributed by atoms with Crippen LogP contribution in [0, 0.1) is 12.3 Å². The van der Waals surface area contributed by atoms with Crippen molar-refractivity contribution < 1.29 is 0 Å². The lowest BCUT2D eigenvalue weighted by Crippen LogP contribution is -1.96. The fourth-order valence-corrected chi connectivity index (χ4v) is 0.709. The van der Waals surface area contributed by atoms with E-state index in [2.05, 4.69) is 11.2 Å². The molecular formula is C9H10ClN. The molecule has 0 aliphatic heterocycles. The van der Waals surface area contributed by atoms with E-state index in [4.69, 9.17) is 6.42 Å². The summed E-state index contributed by atoms with van der Waals surface area (Å²) in [7, 11) is 0. The number of benzene rings is 1. The Morgan fingerprint density at radius 2 is 1.91 bits per heavy atom. The molecule has 1 N–H and O–H groups in total. The molecule has 0 spiro atoms. The average Bonchev–Trinajstić information content (AvgIpc) is 2.03. The summed E-state index contributed by atoms with van der Waals surface area (Å²) in [5.74, 6) is 2.51. The predicted molar refractivity (Wildman–Crippen MR) is 51.0 cm³/mol. The second-order valence-corrected chi connectivity index (χ2v) is 1.92. The monoisotopic (exact) mass is 167 g/mol. The largest absolute Gasteiger partial charge is 0.374 e. The van der Waals surface area contributed by atoms with Crippen molar-refractivity contribution in [2.75, 3.05) is 11.9 Å². The standard InChI is InChI=1S/C9H9N.ClH/c1-2-8-10-9-6-4-3-5-7-9;/h1,3-7,10H,8H2;1H. The Morgan fingerprint density at radius 3 is 2.45 bits per heavy atom. The Balaban J connectivity index is 0.000001000. The van der Waals surface area contributed by atoms with E-state index in [1.165, 1.54) is 0 Å². The van der Waals surface area contributed by atoms with Gasteiger partial charge in [-0.2, -0.15) is 0 Å². The van der Waals surface area contributed by atoms with Crippen LogP contribution in [-0.4, -0.2) is 6.54 Å². The molecule has 11 heavy (non-hydrogen) atoms. The molecule has 2 heteroatoms. The van der Waals surface area contributed by atoms with E-state index in [1.807, 2.05) is 30.3 Å². The maximum Gasteiger partial charge on any atom is 0.0763 e. The van der Waals surface area contributed by atoms with Crippen molar-refractivity contribution >= 4 is 18.1 Å². The molecule has 0 aliphatic rings. The molecule has 1 aromatic rings. The SMILES string of the molecule is C#CCNc1ccccc1.Cl. The summed E-state index contributed by atoms with van der Waals surface area (Å²) in [5, 5.41) is 3.06. The van der Waals surface area contributed by atoms with Gasteiger partial charge in [0.05, 0.1) is 6.54 Å². The maximum absolute atomic E-state index is 5.06. The molecule has 1 nitrogen and oxygen atoms in total. The number of rotatable bonds is 2. The lowest BCUT2D eigenvalue weighted by atomic mass is 10.3. The smallest absolute Gasteiger partial charge is 0.0763 e. The third kappa shape index (κ3) is 3.54. The van der Waals surface area contributed by atoms with Crippen LogP contribution in [0.25, 0.3) is 0 Å². The minimum atomic E-state index is 0. The van der Waals surface area contributed by atoms with Crippen LogP contribution >= 0.6 is 12.4 Å². The van der Waals surface area contributed by atoms with Crippen molar-refractivity contribution in [3.8, 4) is 12.3 Å². The first-order valence-electron chi connectivity index (χ1n) is 3.16. The van der Waals surface area contributed by atoms with Gasteiger partial charge in [0.15, 0.2) is 0 Å². The van der Waals surface area contributed by atoms with Crippen molar-refractivity contribution in [3.63, 3.8) is 0 Å². The maximum atomic E-state index is 5.06. The summed E-state index contributed by atoms with van der Waals surface area (Å²) in [6.07, 6.45) is 5.06. The Morgan fingerprint density at radius 1 is 1.27 bits per heavy atom. The molecule has 0 radical (unpaired) electrons. The number of hydrogen-bond donors (Lipinski definition) is 1. The topological polar surface area (TPSA) is 12.0 Å². The van der Waals surface area contributed by atoms with Crippen LogP contribution in [0.4, 0.5) is 5.69 Å². The number of hydrogen-bond acceptors (Lipinski definition) is 1. The molecule has 0 unspecified atom stereocenters. The van der Waals surface area contributed by atoms with E-state index in [1.54, 1.807) is 0 Å². The first kappa shape index (κ1) is 9.87. The molecular weight excluding hydrogens is 158 g/mol. The van der Waals surface area contributed by atoms with Gasteiger partial charge in [-0.25, -0.2) is 0 Å². The lowest BCUT2D eigenvalue weighted by Gasteiger charge is -1.98. The van der Waals surface area contributed by atoms with Crippen molar-refractivity contribution in [1.29, 1.82) is 0 Å². The van der Waals surface area contributed by atoms with Crippen LogP contribution in [0.15, 0.2) is 30.3 Å². The fourth-order valence-electron chi connectivity index (χ4n) is 0.709. The molecule has 0 aromatic heterocycles. The van der Waals surface area contributed by atoms with Crippen molar-refractivity contribution in [2.24, 2.45) is 0 Å². The second-order valence-electron chi connectivity index (χ2n) is 1.92. The van der Waals surface area contributed by atoms with Crippen molar-refractivity contribution in [2.45, 2.75) is 0 Å². The Hall–Kier alpha value is -1.13. The zero-order chi connectivity index (χ0) is 7.23. The van der Waals surface area contributed by atoms with E-state index in [9.17, 15) is 0 Å². The molecule has 1 aromatic carbocycles. The summed E-state index contributed by atoms with van der Waals surface area (Å²) < 4.78 is 0. The van der Waals surface area contributed by atoms with Gasteiger partial charge in [-0.3, -0.25) is 0 Å². The predicted octanol–water partition coefficient (Wildman–Crippen LogP) is 2.15. The van der Waals surface area contributed by atoms with E-state index in [-0.39, 0.29) is 12.4 Å². The van der Waals surface area contributed by atoms with Gasteiger partial charge in [-0.1, -0.05) is 24.1 Å². The summed E-state index contributed by atoms with van der Waals surface area (Å²) in [6, 6.07) is 9.88. The first-order valence-corrected chi connectivity index (χ1v) is 3.16. The molecule has 1 rings (SSSR count). The number of anilines is 1. The van der Waals surface area contributed by atoms with Crippen molar-refractivity contribution in [1.82, 2.24) is 0 Å². The van der Waals surface area contributed by atoms with Crippen LogP contribution < -0.4 is 5.32 Å². The summed E-state index contributed by atoms with van der Waals surface area (Å²) in [6.45, 7) is 0.587. The molecule has 0 heterocycles. The summed E-state index contributed by atoms with van der Waals surface area (Å²) in [5.41, 5.74) is 1.07. The minimum absolute atomic E-state index is 0. The van der Waals surface area contributed by atoms with Gasteiger partial charge in [0.2, 0.25) is 0 Å². The highest BCUT2D eigenvalue weighted by Crippen LogP contribution is 2.02. The van der Waals surface area contributed by atoms with E-state index in [0.717, 1.165) is 5.69 Å². The second kappa shape index (κ2) is 5.64. The number of nitrogens with one attached hydrogen (secondary N) is 1. The lowest BCUT2D eigenvalue weighted by molar-refractivity contribution is 1.38. The van der Waals surface area contributed by atoms with E-state index in [0.29, 0.717) is 6.54 Å². The highest BCUT2D eigenvalue weighted by atomic mass is 35.5. The molecule has 0 amide bonds. The molecule has 0 saturated carbocycles. The molecule has 0 fully saturated rings. The van der Waals surface area contributed by atoms with E-state index >= 15 is 0 Å². The van der Waals surface area contributed by atoms with Gasteiger partial charge in [0, 0.05) is 5.69 Å². The van der Waals surface area contributed by atoms with Crippen LogP contribution in [-0.2, 0) is 0 Å². The van der Waals surface area contributed by atoms with Gasteiger partial charge >= 0.3 is 0 Å². The van der Waals surface area contributed by atoms with Crippen LogP contribution in [0.3, 0.4) is 0 Å². The van der Waals surface area contributed by atoms with Gasteiger partial charge < -0.3 is 5.32 Å². The zero-order valence-corrected chi connectivity index (χ0v) is 6.90. The molecule has 58 valence electrons.